The summed E-state index contributed by atoms with van der Waals surface area (Å²) in [5, 5.41) is 3.66. The molecule has 0 aliphatic carbocycles. The number of benzene rings is 2. The van der Waals surface area contributed by atoms with Gasteiger partial charge in [0.15, 0.2) is 0 Å². The van der Waals surface area contributed by atoms with Gasteiger partial charge in [-0.25, -0.2) is 0 Å². The Hall–Kier alpha value is -4.00. The molecule has 0 bridgehead atoms. The Kier molecular flexibility index (Phi) is 5.98. The summed E-state index contributed by atoms with van der Waals surface area (Å²) in [6.45, 7) is 4.27. The molecular formula is C25H25N3O4. The van der Waals surface area contributed by atoms with Gasteiger partial charge < -0.3 is 19.8 Å². The molecule has 0 saturated carbocycles. The van der Waals surface area contributed by atoms with Crippen LogP contribution in [0.25, 0.3) is 16.7 Å². The number of H-pyrrole nitrogens is 1. The summed E-state index contributed by atoms with van der Waals surface area (Å²) in [6, 6.07) is 19.7. The summed E-state index contributed by atoms with van der Waals surface area (Å²) in [6.07, 6.45) is 0.0634. The Balaban J connectivity index is 1.60. The van der Waals surface area contributed by atoms with Crippen LogP contribution in [0.3, 0.4) is 0 Å². The van der Waals surface area contributed by atoms with Gasteiger partial charge >= 0.3 is 0 Å². The lowest BCUT2D eigenvalue weighted by Gasteiger charge is -2.11. The van der Waals surface area contributed by atoms with E-state index in [-0.39, 0.29) is 17.6 Å². The molecule has 2 heterocycles. The zero-order chi connectivity index (χ0) is 22.7. The van der Waals surface area contributed by atoms with Gasteiger partial charge in [0.2, 0.25) is 0 Å². The first-order chi connectivity index (χ1) is 15.4. The number of aromatic amines is 1. The maximum absolute atomic E-state index is 12.7. The highest BCUT2D eigenvalue weighted by molar-refractivity contribution is 5.97. The molecule has 164 valence electrons. The van der Waals surface area contributed by atoms with Gasteiger partial charge in [-0.3, -0.25) is 14.2 Å². The molecule has 0 aliphatic heterocycles. The molecule has 7 nitrogen and oxygen atoms in total. The van der Waals surface area contributed by atoms with Crippen molar-refractivity contribution in [2.45, 2.75) is 26.5 Å². The van der Waals surface area contributed by atoms with Crippen molar-refractivity contribution < 1.29 is 14.3 Å². The summed E-state index contributed by atoms with van der Waals surface area (Å²) >= 11 is 0. The highest BCUT2D eigenvalue weighted by Gasteiger charge is 2.14. The van der Waals surface area contributed by atoms with Crippen LogP contribution in [0.1, 0.15) is 29.9 Å². The van der Waals surface area contributed by atoms with E-state index in [1.54, 1.807) is 23.8 Å². The molecule has 7 heteroatoms. The fraction of sp³-hybridized carbons (Fsp3) is 0.200. The quantitative estimate of drug-likeness (QED) is 0.462. The summed E-state index contributed by atoms with van der Waals surface area (Å²) in [7, 11) is 1.60. The Morgan fingerprint density at radius 1 is 1.03 bits per heavy atom. The van der Waals surface area contributed by atoms with Crippen LogP contribution in [0.2, 0.25) is 0 Å². The van der Waals surface area contributed by atoms with Crippen molar-refractivity contribution in [3.8, 4) is 17.2 Å². The second-order valence-electron chi connectivity index (χ2n) is 7.69. The first-order valence-corrected chi connectivity index (χ1v) is 10.4. The Morgan fingerprint density at radius 3 is 2.53 bits per heavy atom. The minimum atomic E-state index is -0.260. The van der Waals surface area contributed by atoms with Crippen LogP contribution in [-0.2, 0) is 6.54 Å². The summed E-state index contributed by atoms with van der Waals surface area (Å²) < 4.78 is 12.4. The van der Waals surface area contributed by atoms with Gasteiger partial charge in [-0.1, -0.05) is 12.1 Å². The number of pyridine rings is 1. The number of methoxy groups -OCH3 is 1. The number of hydrogen-bond donors (Lipinski definition) is 2. The van der Waals surface area contributed by atoms with Crippen molar-refractivity contribution in [1.29, 1.82) is 0 Å². The lowest BCUT2D eigenvalue weighted by molar-refractivity contribution is 0.0946. The number of ether oxygens (including phenoxy) is 2. The third-order valence-corrected chi connectivity index (χ3v) is 4.97. The Morgan fingerprint density at radius 2 is 1.81 bits per heavy atom. The van der Waals surface area contributed by atoms with E-state index in [0.717, 1.165) is 22.4 Å². The standard InChI is InChI=1S/C25H25N3O4/c1-16(2)32-20-10-8-19(9-11-20)28-23(29)12-7-18-14-22(27-24(18)28)25(30)26-15-17-5-4-6-21(13-17)31-3/h4-14,16,27H,15H2,1-3H3,(H,26,30). The molecule has 2 aromatic heterocycles. The molecule has 2 aromatic carbocycles. The van der Waals surface area contributed by atoms with E-state index in [2.05, 4.69) is 10.3 Å². The number of nitrogens with zero attached hydrogens (tertiary/aromatic N) is 1. The minimum absolute atomic E-state index is 0.0634. The van der Waals surface area contributed by atoms with Gasteiger partial charge in [0.1, 0.15) is 22.8 Å². The molecule has 0 fully saturated rings. The van der Waals surface area contributed by atoms with Crippen molar-refractivity contribution >= 4 is 16.9 Å². The van der Waals surface area contributed by atoms with E-state index in [4.69, 9.17) is 9.47 Å². The van der Waals surface area contributed by atoms with Crippen LogP contribution in [0.15, 0.2) is 71.5 Å². The van der Waals surface area contributed by atoms with Gasteiger partial charge in [-0.15, -0.1) is 0 Å². The number of nitrogens with one attached hydrogen (secondary N) is 2. The molecule has 0 aliphatic rings. The second kappa shape index (κ2) is 9.01. The topological polar surface area (TPSA) is 85.3 Å². The first-order valence-electron chi connectivity index (χ1n) is 10.4. The van der Waals surface area contributed by atoms with Crippen molar-refractivity contribution in [3.63, 3.8) is 0 Å². The molecule has 0 saturated heterocycles. The molecule has 0 spiro atoms. The monoisotopic (exact) mass is 431 g/mol. The van der Waals surface area contributed by atoms with Gasteiger partial charge in [0.05, 0.1) is 18.9 Å². The maximum atomic E-state index is 12.7. The lowest BCUT2D eigenvalue weighted by atomic mass is 10.2. The summed E-state index contributed by atoms with van der Waals surface area (Å²) in [5.41, 5.74) is 2.35. The van der Waals surface area contributed by atoms with E-state index in [1.807, 2.05) is 62.4 Å². The van der Waals surface area contributed by atoms with E-state index in [0.29, 0.717) is 23.6 Å². The number of aromatic nitrogens is 2. The number of rotatable bonds is 7. The predicted molar refractivity (Wildman–Crippen MR) is 124 cm³/mol. The number of fused-ring (bicyclic) bond motifs is 1. The molecule has 32 heavy (non-hydrogen) atoms. The van der Waals surface area contributed by atoms with Crippen molar-refractivity contribution in [3.05, 3.63) is 88.3 Å². The van der Waals surface area contributed by atoms with Gasteiger partial charge in [0.25, 0.3) is 11.5 Å². The molecule has 2 N–H and O–H groups in total. The average molecular weight is 431 g/mol. The van der Waals surface area contributed by atoms with Gasteiger partial charge in [-0.2, -0.15) is 0 Å². The van der Waals surface area contributed by atoms with Gasteiger partial charge in [-0.05, 0) is 67.9 Å². The molecule has 0 unspecified atom stereocenters. The summed E-state index contributed by atoms with van der Waals surface area (Å²) in [4.78, 5) is 28.5. The normalized spacial score (nSPS) is 11.0. The van der Waals surface area contributed by atoms with Gasteiger partial charge in [0, 0.05) is 18.0 Å². The maximum Gasteiger partial charge on any atom is 0.268 e. The van der Waals surface area contributed by atoms with Crippen LogP contribution in [0, 0.1) is 0 Å². The van der Waals surface area contributed by atoms with E-state index >= 15 is 0 Å². The van der Waals surface area contributed by atoms with Crippen molar-refractivity contribution in [2.75, 3.05) is 7.11 Å². The highest BCUT2D eigenvalue weighted by Crippen LogP contribution is 2.20. The first kappa shape index (κ1) is 21.2. The zero-order valence-electron chi connectivity index (χ0n) is 18.2. The molecule has 4 aromatic rings. The molecular weight excluding hydrogens is 406 g/mol. The van der Waals surface area contributed by atoms with Crippen LogP contribution < -0.4 is 20.3 Å². The second-order valence-corrected chi connectivity index (χ2v) is 7.69. The number of hydrogen-bond acceptors (Lipinski definition) is 4. The molecule has 1 amide bonds. The van der Waals surface area contributed by atoms with Crippen LogP contribution >= 0.6 is 0 Å². The highest BCUT2D eigenvalue weighted by atomic mass is 16.5. The third kappa shape index (κ3) is 4.51. The number of carbonyl (C=O) groups excluding carboxylic acids is 1. The SMILES string of the molecule is COc1cccc(CNC(=O)c2cc3ccc(=O)n(-c4ccc(OC(C)C)cc4)c3[nH]2)c1. The van der Waals surface area contributed by atoms with E-state index in [9.17, 15) is 9.59 Å². The zero-order valence-corrected chi connectivity index (χ0v) is 18.2. The van der Waals surface area contributed by atoms with E-state index < -0.39 is 0 Å². The molecule has 0 radical (unpaired) electrons. The predicted octanol–water partition coefficient (Wildman–Crippen LogP) is 4.04. The smallest absolute Gasteiger partial charge is 0.268 e. The fourth-order valence-corrected chi connectivity index (χ4v) is 3.50. The number of amides is 1. The Labute approximate surface area is 185 Å². The summed E-state index contributed by atoms with van der Waals surface area (Å²) in [5.74, 6) is 1.20. The minimum Gasteiger partial charge on any atom is -0.497 e. The molecule has 4 rings (SSSR count). The van der Waals surface area contributed by atoms with Crippen LogP contribution in [0.4, 0.5) is 0 Å². The molecule has 0 atom stereocenters. The fourth-order valence-electron chi connectivity index (χ4n) is 3.50. The van der Waals surface area contributed by atoms with E-state index in [1.165, 1.54) is 6.07 Å². The number of carbonyl (C=O) groups is 1. The Bertz CT molecular complexity index is 1300. The lowest BCUT2D eigenvalue weighted by Crippen LogP contribution is -2.23. The van der Waals surface area contributed by atoms with Crippen molar-refractivity contribution in [2.24, 2.45) is 0 Å². The van der Waals surface area contributed by atoms with Crippen LogP contribution in [0.5, 0.6) is 11.5 Å². The largest absolute Gasteiger partial charge is 0.497 e. The third-order valence-electron chi connectivity index (χ3n) is 4.97. The van der Waals surface area contributed by atoms with Crippen LogP contribution in [-0.4, -0.2) is 28.7 Å². The average Bonchev–Trinajstić information content (AvgIpc) is 3.22. The van der Waals surface area contributed by atoms with Crippen molar-refractivity contribution in [1.82, 2.24) is 14.9 Å².